The molecule has 0 heterocycles. The van der Waals surface area contributed by atoms with Crippen molar-refractivity contribution < 1.29 is 14.1 Å². The third-order valence-corrected chi connectivity index (χ3v) is 5.18. The van der Waals surface area contributed by atoms with Crippen LogP contribution in [0.3, 0.4) is 0 Å². The molecule has 1 N–H and O–H groups in total. The second kappa shape index (κ2) is 6.61. The summed E-state index contributed by atoms with van der Waals surface area (Å²) >= 11 is 0. The molecule has 0 radical (unpaired) electrons. The minimum absolute atomic E-state index is 0.00575. The lowest BCUT2D eigenvalue weighted by Gasteiger charge is -2.40. The summed E-state index contributed by atoms with van der Waals surface area (Å²) < 4.78 is 0.720. The predicted molar refractivity (Wildman–Crippen MR) is 88.9 cm³/mol. The maximum atomic E-state index is 12.6. The van der Waals surface area contributed by atoms with Gasteiger partial charge in [0, 0.05) is 11.3 Å². The SMILES string of the molecule is CC(=O)c1cccc(NC(=O)[C@H](C)[N+](C)(C)C2CCCC2)c1. The van der Waals surface area contributed by atoms with E-state index < -0.39 is 0 Å². The summed E-state index contributed by atoms with van der Waals surface area (Å²) in [6, 6.07) is 7.57. The van der Waals surface area contributed by atoms with Gasteiger partial charge in [0.05, 0.1) is 20.1 Å². The van der Waals surface area contributed by atoms with Crippen molar-refractivity contribution in [1.82, 2.24) is 0 Å². The highest BCUT2D eigenvalue weighted by molar-refractivity contribution is 5.98. The smallest absolute Gasteiger partial charge is 0.282 e. The first-order valence-corrected chi connectivity index (χ1v) is 8.07. The van der Waals surface area contributed by atoms with Gasteiger partial charge in [-0.05, 0) is 51.7 Å². The number of nitrogens with zero attached hydrogens (tertiary/aromatic N) is 1. The van der Waals surface area contributed by atoms with Crippen LogP contribution in [-0.2, 0) is 4.79 Å². The van der Waals surface area contributed by atoms with Gasteiger partial charge in [-0.3, -0.25) is 9.59 Å². The van der Waals surface area contributed by atoms with Crippen molar-refractivity contribution in [3.05, 3.63) is 29.8 Å². The molecule has 0 aromatic heterocycles. The lowest BCUT2D eigenvalue weighted by molar-refractivity contribution is -0.927. The van der Waals surface area contributed by atoms with Crippen LogP contribution in [0, 0.1) is 0 Å². The Balaban J connectivity index is 2.07. The first-order valence-electron chi connectivity index (χ1n) is 8.07. The van der Waals surface area contributed by atoms with E-state index in [4.69, 9.17) is 0 Å². The van der Waals surface area contributed by atoms with E-state index in [9.17, 15) is 9.59 Å². The number of nitrogens with one attached hydrogen (secondary N) is 1. The molecule has 4 nitrogen and oxygen atoms in total. The lowest BCUT2D eigenvalue weighted by Crippen LogP contribution is -2.57. The minimum atomic E-state index is -0.121. The Hall–Kier alpha value is -1.68. The molecule has 0 bridgehead atoms. The molecule has 1 amide bonds. The fourth-order valence-corrected chi connectivity index (χ4v) is 3.25. The van der Waals surface area contributed by atoms with Crippen LogP contribution in [0.2, 0.25) is 0 Å². The van der Waals surface area contributed by atoms with Gasteiger partial charge >= 0.3 is 0 Å². The number of likely N-dealkylation sites (N-methyl/N-ethyl adjacent to an activating group) is 1. The number of hydrogen-bond acceptors (Lipinski definition) is 2. The van der Waals surface area contributed by atoms with Gasteiger partial charge in [0.1, 0.15) is 0 Å². The zero-order valence-electron chi connectivity index (χ0n) is 14.1. The van der Waals surface area contributed by atoms with E-state index >= 15 is 0 Å². The van der Waals surface area contributed by atoms with Gasteiger partial charge in [0.25, 0.3) is 5.91 Å². The van der Waals surface area contributed by atoms with E-state index in [-0.39, 0.29) is 17.7 Å². The van der Waals surface area contributed by atoms with E-state index in [1.165, 1.54) is 32.6 Å². The van der Waals surface area contributed by atoms with E-state index in [0.29, 0.717) is 17.3 Å². The Bertz CT molecular complexity index is 560. The van der Waals surface area contributed by atoms with Gasteiger partial charge < -0.3 is 9.80 Å². The summed E-state index contributed by atoms with van der Waals surface area (Å²) in [6.45, 7) is 3.52. The average molecular weight is 303 g/mol. The molecule has 0 saturated heterocycles. The average Bonchev–Trinajstić information content (AvgIpc) is 3.01. The molecule has 1 aromatic carbocycles. The molecule has 2 rings (SSSR count). The van der Waals surface area contributed by atoms with E-state index in [0.717, 1.165) is 4.48 Å². The quantitative estimate of drug-likeness (QED) is 0.670. The number of Topliss-reactive ketones (excluding diaryl/α,β-unsaturated/α-hetero) is 1. The predicted octanol–water partition coefficient (Wildman–Crippen LogP) is 3.24. The third kappa shape index (κ3) is 3.55. The van der Waals surface area contributed by atoms with Crippen LogP contribution in [0.25, 0.3) is 0 Å². The number of ketones is 1. The number of amides is 1. The van der Waals surface area contributed by atoms with E-state index in [2.05, 4.69) is 19.4 Å². The largest absolute Gasteiger partial charge is 0.321 e. The highest BCUT2D eigenvalue weighted by Crippen LogP contribution is 2.29. The number of carbonyl (C=O) groups is 2. The Morgan fingerprint density at radius 2 is 1.86 bits per heavy atom. The maximum Gasteiger partial charge on any atom is 0.282 e. The zero-order chi connectivity index (χ0) is 16.3. The van der Waals surface area contributed by atoms with Crippen LogP contribution in [0.15, 0.2) is 24.3 Å². The van der Waals surface area contributed by atoms with Crippen molar-refractivity contribution in [3.8, 4) is 0 Å². The molecule has 0 spiro atoms. The van der Waals surface area contributed by atoms with E-state index in [1.807, 2.05) is 13.0 Å². The van der Waals surface area contributed by atoms with E-state index in [1.54, 1.807) is 18.2 Å². The number of benzene rings is 1. The van der Waals surface area contributed by atoms with Crippen molar-refractivity contribution in [3.63, 3.8) is 0 Å². The van der Waals surface area contributed by atoms with Crippen LogP contribution >= 0.6 is 0 Å². The molecule has 0 unspecified atom stereocenters. The first kappa shape index (κ1) is 16.7. The van der Waals surface area contributed by atoms with Gasteiger partial charge in [-0.2, -0.15) is 0 Å². The summed E-state index contributed by atoms with van der Waals surface area (Å²) in [5.41, 5.74) is 1.31. The molecular formula is C18H27N2O2+. The van der Waals surface area contributed by atoms with Crippen LogP contribution < -0.4 is 5.32 Å². The molecule has 1 atom stereocenters. The highest BCUT2D eigenvalue weighted by atomic mass is 16.2. The van der Waals surface area contributed by atoms with Crippen LogP contribution in [-0.4, -0.2) is 42.4 Å². The molecule has 4 heteroatoms. The summed E-state index contributed by atoms with van der Waals surface area (Å²) in [4.78, 5) is 24.0. The molecular weight excluding hydrogens is 276 g/mol. The third-order valence-electron chi connectivity index (χ3n) is 5.18. The van der Waals surface area contributed by atoms with Gasteiger partial charge in [0.15, 0.2) is 11.8 Å². The Morgan fingerprint density at radius 1 is 1.23 bits per heavy atom. The number of anilines is 1. The molecule has 1 aliphatic rings. The Morgan fingerprint density at radius 3 is 2.45 bits per heavy atom. The van der Waals surface area contributed by atoms with Gasteiger partial charge in [-0.1, -0.05) is 12.1 Å². The number of carbonyl (C=O) groups excluding carboxylic acids is 2. The Kier molecular flexibility index (Phi) is 5.01. The number of hydrogen-bond donors (Lipinski definition) is 1. The summed E-state index contributed by atoms with van der Waals surface area (Å²) in [7, 11) is 4.29. The second-order valence-electron chi connectivity index (χ2n) is 6.87. The Labute approximate surface area is 133 Å². The normalized spacial score (nSPS) is 17.3. The molecule has 1 fully saturated rings. The van der Waals surface area contributed by atoms with Gasteiger partial charge in [-0.15, -0.1) is 0 Å². The lowest BCUT2D eigenvalue weighted by atomic mass is 10.1. The molecule has 0 aliphatic heterocycles. The van der Waals surface area contributed by atoms with Crippen molar-refractivity contribution >= 4 is 17.4 Å². The molecule has 1 aliphatic carbocycles. The van der Waals surface area contributed by atoms with Crippen LogP contribution in [0.5, 0.6) is 0 Å². The van der Waals surface area contributed by atoms with Crippen molar-refractivity contribution in [2.45, 2.75) is 51.6 Å². The van der Waals surface area contributed by atoms with Gasteiger partial charge in [-0.25, -0.2) is 0 Å². The van der Waals surface area contributed by atoms with Crippen LogP contribution in [0.1, 0.15) is 49.9 Å². The first-order chi connectivity index (χ1) is 10.3. The van der Waals surface area contributed by atoms with Crippen molar-refractivity contribution in [1.29, 1.82) is 0 Å². The van der Waals surface area contributed by atoms with Gasteiger partial charge in [0.2, 0.25) is 0 Å². The standard InChI is InChI=1S/C18H26N2O2/c1-13(20(3,4)17-10-5-6-11-17)18(22)19-16-9-7-8-15(12-16)14(2)21/h7-9,12-13,17H,5-6,10-11H2,1-4H3/p+1/t13-/m0/s1. The van der Waals surface area contributed by atoms with Crippen molar-refractivity contribution in [2.24, 2.45) is 0 Å². The summed E-state index contributed by atoms with van der Waals surface area (Å²) in [5, 5.41) is 2.96. The minimum Gasteiger partial charge on any atom is -0.321 e. The summed E-state index contributed by atoms with van der Waals surface area (Å²) in [6.07, 6.45) is 4.93. The highest BCUT2D eigenvalue weighted by Gasteiger charge is 2.39. The van der Waals surface area contributed by atoms with Crippen molar-refractivity contribution in [2.75, 3.05) is 19.4 Å². The topological polar surface area (TPSA) is 46.2 Å². The second-order valence-corrected chi connectivity index (χ2v) is 6.87. The number of rotatable bonds is 5. The molecule has 120 valence electrons. The zero-order valence-corrected chi connectivity index (χ0v) is 14.1. The monoisotopic (exact) mass is 303 g/mol. The number of quaternary nitrogens is 1. The maximum absolute atomic E-state index is 12.6. The molecule has 22 heavy (non-hydrogen) atoms. The fraction of sp³-hybridized carbons (Fsp3) is 0.556. The van der Waals surface area contributed by atoms with Crippen LogP contribution in [0.4, 0.5) is 5.69 Å². The fourth-order valence-electron chi connectivity index (χ4n) is 3.25. The summed E-state index contributed by atoms with van der Waals surface area (Å²) in [5.74, 6) is 0.0174. The molecule has 1 saturated carbocycles. The molecule has 1 aromatic rings.